The van der Waals surface area contributed by atoms with Crippen LogP contribution in [0.3, 0.4) is 0 Å². The Balaban J connectivity index is 2.11. The van der Waals surface area contributed by atoms with E-state index in [4.69, 9.17) is 14.2 Å². The van der Waals surface area contributed by atoms with Gasteiger partial charge in [0.25, 0.3) is 0 Å². The number of rotatable bonds is 4. The molecule has 2 saturated heterocycles. The molecule has 0 aromatic rings. The van der Waals surface area contributed by atoms with Crippen molar-refractivity contribution in [2.45, 2.75) is 98.9 Å². The van der Waals surface area contributed by atoms with Gasteiger partial charge in [-0.1, -0.05) is 48.5 Å². The first-order valence-corrected chi connectivity index (χ1v) is 9.78. The summed E-state index contributed by atoms with van der Waals surface area (Å²) >= 11 is 0. The van der Waals surface area contributed by atoms with Gasteiger partial charge < -0.3 is 14.2 Å². The molecule has 2 rings (SSSR count). The van der Waals surface area contributed by atoms with Crippen LogP contribution in [0.2, 0.25) is 0 Å². The Labute approximate surface area is 143 Å². The summed E-state index contributed by atoms with van der Waals surface area (Å²) in [6.07, 6.45) is 2.88. The maximum absolute atomic E-state index is 6.58. The van der Waals surface area contributed by atoms with E-state index in [9.17, 15) is 0 Å². The van der Waals surface area contributed by atoms with Crippen molar-refractivity contribution in [3.05, 3.63) is 0 Å². The number of hydrogen-bond acceptors (Lipinski definition) is 3. The van der Waals surface area contributed by atoms with E-state index in [0.717, 1.165) is 12.8 Å². The first-order chi connectivity index (χ1) is 10.8. The molecule has 23 heavy (non-hydrogen) atoms. The van der Waals surface area contributed by atoms with Crippen molar-refractivity contribution in [1.29, 1.82) is 0 Å². The quantitative estimate of drug-likeness (QED) is 0.736. The molecule has 0 amide bonds. The Bertz CT molecular complexity index is 368. The van der Waals surface area contributed by atoms with Crippen molar-refractivity contribution in [3.8, 4) is 0 Å². The Hall–Kier alpha value is -0.120. The molecule has 0 radical (unpaired) electrons. The molecule has 0 saturated carbocycles. The average Bonchev–Trinajstić information content (AvgIpc) is 2.55. The second-order valence-electron chi connectivity index (χ2n) is 8.14. The van der Waals surface area contributed by atoms with Gasteiger partial charge in [-0.3, -0.25) is 0 Å². The third-order valence-corrected chi connectivity index (χ3v) is 6.92. The van der Waals surface area contributed by atoms with Crippen LogP contribution in [-0.2, 0) is 14.2 Å². The van der Waals surface area contributed by atoms with Crippen LogP contribution in [-0.4, -0.2) is 30.7 Å². The predicted octanol–water partition coefficient (Wildman–Crippen LogP) is 4.88. The molecule has 6 unspecified atom stereocenters. The third-order valence-electron chi connectivity index (χ3n) is 6.92. The molecule has 10 atom stereocenters. The van der Waals surface area contributed by atoms with Gasteiger partial charge in [0.15, 0.2) is 6.29 Å². The molecule has 0 aromatic heterocycles. The van der Waals surface area contributed by atoms with Gasteiger partial charge in [0.05, 0.1) is 24.4 Å². The van der Waals surface area contributed by atoms with Crippen LogP contribution in [0.15, 0.2) is 0 Å². The van der Waals surface area contributed by atoms with E-state index < -0.39 is 0 Å². The standard InChI is InChI=1S/C20H38O3/c1-9-17-13(5)11(3)15(7)20(22-17)23-19-14(6)12(4)16(8)21-18(19)10-2/h11-20H,9-10H2,1-8H3/t11?,12?,13-,14?,15?,16+,17?,18?,19+,20+/m1/s1. The lowest BCUT2D eigenvalue weighted by Crippen LogP contribution is -2.54. The summed E-state index contributed by atoms with van der Waals surface area (Å²) in [4.78, 5) is 0. The van der Waals surface area contributed by atoms with Gasteiger partial charge in [0, 0.05) is 5.92 Å². The van der Waals surface area contributed by atoms with Crippen molar-refractivity contribution >= 4 is 0 Å². The van der Waals surface area contributed by atoms with E-state index in [1.165, 1.54) is 0 Å². The lowest BCUT2D eigenvalue weighted by atomic mass is 9.77. The fraction of sp³-hybridized carbons (Fsp3) is 1.00. The van der Waals surface area contributed by atoms with E-state index in [1.807, 2.05) is 0 Å². The van der Waals surface area contributed by atoms with Gasteiger partial charge in [-0.05, 0) is 43.4 Å². The molecular weight excluding hydrogens is 288 g/mol. The number of hydrogen-bond donors (Lipinski definition) is 0. The molecule has 3 heteroatoms. The maximum atomic E-state index is 6.58. The van der Waals surface area contributed by atoms with Gasteiger partial charge in [0.2, 0.25) is 0 Å². The first-order valence-electron chi connectivity index (χ1n) is 9.78. The Morgan fingerprint density at radius 1 is 0.652 bits per heavy atom. The Kier molecular flexibility index (Phi) is 6.55. The summed E-state index contributed by atoms with van der Waals surface area (Å²) in [7, 11) is 0. The van der Waals surface area contributed by atoms with Crippen molar-refractivity contribution in [2.24, 2.45) is 29.6 Å². The van der Waals surface area contributed by atoms with Crippen LogP contribution in [0.1, 0.15) is 68.2 Å². The molecule has 2 heterocycles. The maximum Gasteiger partial charge on any atom is 0.161 e. The van der Waals surface area contributed by atoms with Gasteiger partial charge in [-0.15, -0.1) is 0 Å². The summed E-state index contributed by atoms with van der Waals surface area (Å²) in [6, 6.07) is 0. The zero-order chi connectivity index (χ0) is 17.3. The predicted molar refractivity (Wildman–Crippen MR) is 94.3 cm³/mol. The molecule has 0 aliphatic carbocycles. The van der Waals surface area contributed by atoms with Gasteiger partial charge in [-0.25, -0.2) is 0 Å². The zero-order valence-corrected chi connectivity index (χ0v) is 16.4. The van der Waals surface area contributed by atoms with Gasteiger partial charge in [-0.2, -0.15) is 0 Å². The van der Waals surface area contributed by atoms with Crippen LogP contribution in [0.5, 0.6) is 0 Å². The second-order valence-corrected chi connectivity index (χ2v) is 8.14. The van der Waals surface area contributed by atoms with Crippen LogP contribution in [0, 0.1) is 29.6 Å². The van der Waals surface area contributed by atoms with Crippen LogP contribution < -0.4 is 0 Å². The Morgan fingerprint density at radius 2 is 1.26 bits per heavy atom. The zero-order valence-electron chi connectivity index (χ0n) is 16.4. The Morgan fingerprint density at radius 3 is 1.83 bits per heavy atom. The average molecular weight is 327 g/mol. The summed E-state index contributed by atoms with van der Waals surface area (Å²) < 4.78 is 19.2. The van der Waals surface area contributed by atoms with E-state index >= 15 is 0 Å². The summed E-state index contributed by atoms with van der Waals surface area (Å²) in [6.45, 7) is 18.1. The molecular formula is C20H38O3. The minimum atomic E-state index is -0.100. The molecule has 0 aromatic carbocycles. The molecule has 2 aliphatic heterocycles. The van der Waals surface area contributed by atoms with E-state index in [2.05, 4.69) is 55.4 Å². The number of ether oxygens (including phenoxy) is 3. The lowest BCUT2D eigenvalue weighted by Gasteiger charge is -2.48. The van der Waals surface area contributed by atoms with Crippen molar-refractivity contribution < 1.29 is 14.2 Å². The highest BCUT2D eigenvalue weighted by molar-refractivity contribution is 4.89. The van der Waals surface area contributed by atoms with E-state index in [-0.39, 0.29) is 18.5 Å². The molecule has 2 fully saturated rings. The molecule has 0 bridgehead atoms. The lowest BCUT2D eigenvalue weighted by molar-refractivity contribution is -0.299. The molecule has 2 aliphatic rings. The van der Waals surface area contributed by atoms with Crippen LogP contribution in [0.4, 0.5) is 0 Å². The summed E-state index contributed by atoms with van der Waals surface area (Å²) in [5, 5.41) is 0. The highest BCUT2D eigenvalue weighted by Gasteiger charge is 2.45. The van der Waals surface area contributed by atoms with E-state index in [0.29, 0.717) is 41.8 Å². The van der Waals surface area contributed by atoms with Gasteiger partial charge >= 0.3 is 0 Å². The highest BCUT2D eigenvalue weighted by Crippen LogP contribution is 2.40. The van der Waals surface area contributed by atoms with Crippen molar-refractivity contribution in [1.82, 2.24) is 0 Å². The molecule has 3 nitrogen and oxygen atoms in total. The minimum absolute atomic E-state index is 0.100. The topological polar surface area (TPSA) is 27.7 Å². The van der Waals surface area contributed by atoms with Crippen molar-refractivity contribution in [2.75, 3.05) is 0 Å². The van der Waals surface area contributed by atoms with Crippen LogP contribution >= 0.6 is 0 Å². The van der Waals surface area contributed by atoms with E-state index in [1.54, 1.807) is 0 Å². The summed E-state index contributed by atoms with van der Waals surface area (Å²) in [5.74, 6) is 2.65. The minimum Gasteiger partial charge on any atom is -0.372 e. The fourth-order valence-corrected chi connectivity index (χ4v) is 4.35. The van der Waals surface area contributed by atoms with Gasteiger partial charge in [0.1, 0.15) is 0 Å². The fourth-order valence-electron chi connectivity index (χ4n) is 4.35. The highest BCUT2D eigenvalue weighted by atomic mass is 16.7. The van der Waals surface area contributed by atoms with Crippen LogP contribution in [0.25, 0.3) is 0 Å². The SMILES string of the molecule is CCC1O[C@@H](O[C@@H]2C(CC)O[C@@H](C)C(C)C2C)C(C)C(C)[C@H]1C. The smallest absolute Gasteiger partial charge is 0.161 e. The monoisotopic (exact) mass is 326 g/mol. The first kappa shape index (κ1) is 19.2. The van der Waals surface area contributed by atoms with Crippen molar-refractivity contribution in [3.63, 3.8) is 0 Å². The normalized spacial score (nSPS) is 51.7. The molecule has 0 spiro atoms. The summed E-state index contributed by atoms with van der Waals surface area (Å²) in [5.41, 5.74) is 0. The molecule has 0 N–H and O–H groups in total. The molecule has 136 valence electrons. The second kappa shape index (κ2) is 7.84. The third kappa shape index (κ3) is 3.77. The largest absolute Gasteiger partial charge is 0.372 e.